The fraction of sp³-hybridized carbons (Fsp3) is 0.756. The molecule has 0 aromatic rings. The Balaban J connectivity index is 1.97. The van der Waals surface area contributed by atoms with E-state index in [9.17, 15) is 29.4 Å². The number of carbonyl (C=O) groups is 4. The molecule has 8 nitrogen and oxygen atoms in total. The van der Waals surface area contributed by atoms with Crippen LogP contribution in [0.25, 0.3) is 0 Å². The zero-order chi connectivity index (χ0) is 36.5. The van der Waals surface area contributed by atoms with Crippen molar-refractivity contribution in [2.75, 3.05) is 7.11 Å². The van der Waals surface area contributed by atoms with Crippen molar-refractivity contribution in [2.45, 2.75) is 149 Å². The van der Waals surface area contributed by atoms with E-state index < -0.39 is 52.5 Å². The van der Waals surface area contributed by atoms with Gasteiger partial charge in [0.2, 0.25) is 0 Å². The normalized spacial score (nSPS) is 42.5. The van der Waals surface area contributed by atoms with Crippen LogP contribution in [0, 0.1) is 40.9 Å². The number of Topliss-reactive ketones (excluding diaryl/α,β-unsaturated/α-hetero) is 3. The van der Waals surface area contributed by atoms with Gasteiger partial charge in [-0.1, -0.05) is 69.9 Å². The molecule has 2 fully saturated rings. The molecule has 2 aliphatic heterocycles. The molecule has 0 amide bonds. The third-order valence-electron chi connectivity index (χ3n) is 12.4. The maximum Gasteiger partial charge on any atom is 0.314 e. The third kappa shape index (κ3) is 8.39. The molecule has 1 saturated carbocycles. The number of hydrogen-bond donors (Lipinski definition) is 2. The van der Waals surface area contributed by atoms with Crippen LogP contribution < -0.4 is 0 Å². The first-order valence-corrected chi connectivity index (χ1v) is 18.7. The quantitative estimate of drug-likeness (QED) is 0.234. The van der Waals surface area contributed by atoms with Crippen molar-refractivity contribution in [3.63, 3.8) is 0 Å². The van der Waals surface area contributed by atoms with Crippen LogP contribution in [0.2, 0.25) is 0 Å². The fourth-order valence-electron chi connectivity index (χ4n) is 8.93. The molecule has 0 aromatic heterocycles. The van der Waals surface area contributed by atoms with E-state index >= 15 is 0 Å². The summed E-state index contributed by atoms with van der Waals surface area (Å²) in [7, 11) is 1.31. The lowest BCUT2D eigenvalue weighted by Crippen LogP contribution is -2.54. The van der Waals surface area contributed by atoms with Crippen LogP contribution in [0.4, 0.5) is 0 Å². The maximum atomic E-state index is 14.6. The first kappa shape index (κ1) is 39.4. The zero-order valence-electron chi connectivity index (χ0n) is 31.5. The number of aliphatic hydroxyl groups is 2. The fourth-order valence-corrected chi connectivity index (χ4v) is 8.93. The molecule has 2 N–H and O–H groups in total. The van der Waals surface area contributed by atoms with Crippen LogP contribution in [0.3, 0.4) is 0 Å². The summed E-state index contributed by atoms with van der Waals surface area (Å²) in [4.78, 5) is 57.2. The lowest BCUT2D eigenvalue weighted by Gasteiger charge is -2.48. The van der Waals surface area contributed by atoms with Gasteiger partial charge in [0.1, 0.15) is 17.3 Å². The summed E-state index contributed by atoms with van der Waals surface area (Å²) in [5, 5.41) is 23.1. The standard InChI is InChI=1S/C41H62O8/c1-24(2)30-22-33(42)27(5)12-10-11-25(3)20-34(43)32-21-28(6)29-15-17-39(7,46)37-16-18-40(8,47)36(49-37)14-13-26(4)19-31(29)41(32,23-35(30)44)38(45)48-9/h15,19,21,24-25,27,30-32,36-37,46-47H,10-14,16-18,20,22-23H2,1-9H3/b26-19-,29-15+/t25-,27+,30-,31-,32+,36-,37+,39-,40+,41-/m0/s1. The molecule has 4 rings (SSSR count). The Hall–Kier alpha value is -2.42. The first-order valence-electron chi connectivity index (χ1n) is 18.7. The predicted molar refractivity (Wildman–Crippen MR) is 189 cm³/mol. The number of allylic oxidation sites excluding steroid dienone is 5. The largest absolute Gasteiger partial charge is 0.469 e. The minimum atomic E-state index is -1.59. The molecule has 0 radical (unpaired) electrons. The van der Waals surface area contributed by atoms with Gasteiger partial charge in [-0.3, -0.25) is 19.2 Å². The Morgan fingerprint density at radius 2 is 1.57 bits per heavy atom. The van der Waals surface area contributed by atoms with Gasteiger partial charge in [0.15, 0.2) is 0 Å². The Morgan fingerprint density at radius 1 is 0.898 bits per heavy atom. The molecule has 8 heteroatoms. The molecule has 0 spiro atoms. The van der Waals surface area contributed by atoms with Crippen molar-refractivity contribution in [2.24, 2.45) is 40.9 Å². The van der Waals surface area contributed by atoms with Crippen molar-refractivity contribution in [1.29, 1.82) is 0 Å². The van der Waals surface area contributed by atoms with Crippen molar-refractivity contribution >= 4 is 23.3 Å². The molecule has 49 heavy (non-hydrogen) atoms. The number of rotatable bonds is 2. The van der Waals surface area contributed by atoms with Crippen LogP contribution in [0.5, 0.6) is 0 Å². The molecule has 4 aliphatic rings. The Labute approximate surface area is 294 Å². The highest BCUT2D eigenvalue weighted by molar-refractivity contribution is 5.98. The number of fused-ring (bicyclic) bond motifs is 5. The van der Waals surface area contributed by atoms with Crippen LogP contribution in [0.1, 0.15) is 126 Å². The number of methoxy groups -OCH3 is 1. The van der Waals surface area contributed by atoms with Gasteiger partial charge in [-0.25, -0.2) is 0 Å². The average Bonchev–Trinajstić information content (AvgIpc) is 3.01. The van der Waals surface area contributed by atoms with Gasteiger partial charge >= 0.3 is 5.97 Å². The van der Waals surface area contributed by atoms with Crippen molar-refractivity contribution in [3.8, 4) is 0 Å². The average molecular weight is 683 g/mol. The Morgan fingerprint density at radius 3 is 2.22 bits per heavy atom. The highest BCUT2D eigenvalue weighted by atomic mass is 16.5. The predicted octanol–water partition coefficient (Wildman–Crippen LogP) is 7.05. The smallest absolute Gasteiger partial charge is 0.314 e. The van der Waals surface area contributed by atoms with Crippen LogP contribution in [-0.2, 0) is 28.7 Å². The summed E-state index contributed by atoms with van der Waals surface area (Å²) < 4.78 is 12.0. The third-order valence-corrected chi connectivity index (χ3v) is 12.4. The number of ketones is 3. The van der Waals surface area contributed by atoms with Gasteiger partial charge in [0.25, 0.3) is 0 Å². The number of carbonyl (C=O) groups excluding carboxylic acids is 4. The van der Waals surface area contributed by atoms with Gasteiger partial charge in [-0.15, -0.1) is 0 Å². The molecular formula is C41H62O8. The van der Waals surface area contributed by atoms with E-state index in [0.29, 0.717) is 25.7 Å². The zero-order valence-corrected chi connectivity index (χ0v) is 31.5. The summed E-state index contributed by atoms with van der Waals surface area (Å²) in [6, 6.07) is 0. The molecule has 1 saturated heterocycles. The minimum absolute atomic E-state index is 0.0359. The van der Waals surface area contributed by atoms with Gasteiger partial charge in [0.05, 0.1) is 41.9 Å². The summed E-state index contributed by atoms with van der Waals surface area (Å²) in [6.07, 6.45) is 9.50. The number of ether oxygens (including phenoxy) is 2. The topological polar surface area (TPSA) is 127 Å². The van der Waals surface area contributed by atoms with Crippen molar-refractivity contribution in [3.05, 3.63) is 34.9 Å². The second-order valence-corrected chi connectivity index (χ2v) is 16.9. The first-order chi connectivity index (χ1) is 22.8. The highest BCUT2D eigenvalue weighted by Crippen LogP contribution is 2.54. The van der Waals surface area contributed by atoms with E-state index in [-0.39, 0.29) is 60.8 Å². The Bertz CT molecular complexity index is 1360. The second kappa shape index (κ2) is 15.4. The number of hydrogen-bond acceptors (Lipinski definition) is 8. The Kier molecular flexibility index (Phi) is 12.4. The molecule has 2 bridgehead atoms. The lowest BCUT2D eigenvalue weighted by molar-refractivity contribution is -0.214. The number of esters is 1. The highest BCUT2D eigenvalue weighted by Gasteiger charge is 2.58. The van der Waals surface area contributed by atoms with Crippen molar-refractivity contribution in [1.82, 2.24) is 0 Å². The molecule has 2 aliphatic carbocycles. The molecular weight excluding hydrogens is 620 g/mol. The molecule has 10 atom stereocenters. The summed E-state index contributed by atoms with van der Waals surface area (Å²) in [5.41, 5.74) is -1.36. The van der Waals surface area contributed by atoms with E-state index in [1.165, 1.54) is 7.11 Å². The van der Waals surface area contributed by atoms with E-state index in [4.69, 9.17) is 9.47 Å². The van der Waals surface area contributed by atoms with Crippen molar-refractivity contribution < 1.29 is 38.9 Å². The van der Waals surface area contributed by atoms with Gasteiger partial charge in [0, 0.05) is 37.0 Å². The van der Waals surface area contributed by atoms with Gasteiger partial charge in [-0.2, -0.15) is 0 Å². The molecule has 0 aromatic carbocycles. The van der Waals surface area contributed by atoms with Gasteiger partial charge in [-0.05, 0) is 83.6 Å². The van der Waals surface area contributed by atoms with E-state index in [2.05, 4.69) is 0 Å². The molecule has 274 valence electrons. The second-order valence-electron chi connectivity index (χ2n) is 16.9. The maximum absolute atomic E-state index is 14.6. The van der Waals surface area contributed by atoms with Crippen LogP contribution in [0.15, 0.2) is 34.9 Å². The summed E-state index contributed by atoms with van der Waals surface area (Å²) in [5.74, 6) is -3.38. The van der Waals surface area contributed by atoms with E-state index in [1.807, 2.05) is 59.8 Å². The van der Waals surface area contributed by atoms with E-state index in [0.717, 1.165) is 36.0 Å². The minimum Gasteiger partial charge on any atom is -0.469 e. The monoisotopic (exact) mass is 682 g/mol. The SMILES string of the molecule is COC(=O)[C@]12CC(=O)[C@H](C(C)C)CC(=O)[C@H](C)CCC[C@H](C)CC(=O)[C@H]1C=C(C)/C1=C\C[C@](C)(O)[C@H]3CC[C@@](C)(O)[C@H](CC/C(C)=C\[C@@H]12)O3. The van der Waals surface area contributed by atoms with Gasteiger partial charge < -0.3 is 19.7 Å². The van der Waals surface area contributed by atoms with E-state index in [1.54, 1.807) is 13.8 Å². The molecule has 2 heterocycles. The summed E-state index contributed by atoms with van der Waals surface area (Å²) in [6.45, 7) is 15.3. The van der Waals surface area contributed by atoms with Crippen LogP contribution in [-0.4, -0.2) is 64.1 Å². The van der Waals surface area contributed by atoms with Crippen LogP contribution >= 0.6 is 0 Å². The summed E-state index contributed by atoms with van der Waals surface area (Å²) >= 11 is 0. The molecule has 0 unspecified atom stereocenters. The lowest BCUT2D eigenvalue weighted by atomic mass is 9.54.